The first-order chi connectivity index (χ1) is 8.97. The van der Waals surface area contributed by atoms with Gasteiger partial charge in [0, 0.05) is 24.2 Å². The van der Waals surface area contributed by atoms with Crippen molar-refractivity contribution in [1.29, 1.82) is 0 Å². The van der Waals surface area contributed by atoms with Crippen molar-refractivity contribution in [1.82, 2.24) is 5.32 Å². The molecule has 0 heterocycles. The summed E-state index contributed by atoms with van der Waals surface area (Å²) in [5.74, 6) is 0.766. The van der Waals surface area contributed by atoms with Crippen LogP contribution in [0.15, 0.2) is 0 Å². The Morgan fingerprint density at radius 1 is 1.37 bits per heavy atom. The highest BCUT2D eigenvalue weighted by Crippen LogP contribution is 2.58. The number of carbonyl (C=O) groups excluding carboxylic acids is 1. The highest BCUT2D eigenvalue weighted by atomic mass is 16.6. The van der Waals surface area contributed by atoms with E-state index in [0.717, 1.165) is 19.3 Å². The molecule has 0 aromatic rings. The summed E-state index contributed by atoms with van der Waals surface area (Å²) < 4.78 is 4.95. The van der Waals surface area contributed by atoms with Crippen molar-refractivity contribution in [3.8, 4) is 0 Å². The molecule has 4 bridgehead atoms. The summed E-state index contributed by atoms with van der Waals surface area (Å²) in [5.41, 5.74) is -1.20. The van der Waals surface area contributed by atoms with Crippen LogP contribution in [0.5, 0.6) is 0 Å². The molecule has 4 rings (SSSR count). The predicted molar refractivity (Wildman–Crippen MR) is 67.3 cm³/mol. The fourth-order valence-corrected chi connectivity index (χ4v) is 4.96. The summed E-state index contributed by atoms with van der Waals surface area (Å²) in [6.07, 6.45) is 4.24. The van der Waals surface area contributed by atoms with Crippen molar-refractivity contribution in [2.24, 2.45) is 11.8 Å². The molecule has 0 aromatic carbocycles. The summed E-state index contributed by atoms with van der Waals surface area (Å²) >= 11 is 0. The van der Waals surface area contributed by atoms with E-state index in [2.05, 4.69) is 5.32 Å². The van der Waals surface area contributed by atoms with Gasteiger partial charge in [-0.1, -0.05) is 0 Å². The van der Waals surface area contributed by atoms with Gasteiger partial charge >= 0.3 is 6.09 Å². The molecule has 0 radical (unpaired) electrons. The Morgan fingerprint density at radius 2 is 2.00 bits per heavy atom. The van der Waals surface area contributed by atoms with Crippen LogP contribution in [0.3, 0.4) is 0 Å². The Morgan fingerprint density at radius 3 is 2.53 bits per heavy atom. The number of hydrogen-bond acceptors (Lipinski definition) is 4. The third kappa shape index (κ3) is 1.97. The van der Waals surface area contributed by atoms with Crippen molar-refractivity contribution in [3.63, 3.8) is 0 Å². The summed E-state index contributed by atoms with van der Waals surface area (Å²) in [6.45, 7) is 2.09. The average Bonchev–Trinajstić information content (AvgIpc) is 2.25. The molecule has 19 heavy (non-hydrogen) atoms. The highest BCUT2D eigenvalue weighted by Gasteiger charge is 2.64. The Labute approximate surface area is 112 Å². The Bertz CT molecular complexity index is 409. The molecule has 106 valence electrons. The van der Waals surface area contributed by atoms with Gasteiger partial charge in [0.15, 0.2) is 0 Å². The summed E-state index contributed by atoms with van der Waals surface area (Å²) in [4.78, 5) is 23.1. The van der Waals surface area contributed by atoms with Gasteiger partial charge in [0.2, 0.25) is 5.54 Å². The molecular formula is C13H20N2O4. The SMILES string of the molecule is CCOC(=O)NC12CC3CC(C1)CC([N+](=O)[O-])(C3)C2. The summed E-state index contributed by atoms with van der Waals surface area (Å²) in [5, 5.41) is 14.4. The van der Waals surface area contributed by atoms with Gasteiger partial charge in [-0.3, -0.25) is 10.1 Å². The van der Waals surface area contributed by atoms with Crippen LogP contribution in [0.2, 0.25) is 0 Å². The third-order valence-corrected chi connectivity index (χ3v) is 5.06. The smallest absolute Gasteiger partial charge is 0.407 e. The summed E-state index contributed by atoms with van der Waals surface area (Å²) in [7, 11) is 0. The number of rotatable bonds is 3. The van der Waals surface area contributed by atoms with E-state index in [1.54, 1.807) is 6.92 Å². The minimum atomic E-state index is -0.802. The van der Waals surface area contributed by atoms with Gasteiger partial charge in [0.1, 0.15) is 0 Å². The molecule has 0 aromatic heterocycles. The van der Waals surface area contributed by atoms with Crippen molar-refractivity contribution < 1.29 is 14.5 Å². The Hall–Kier alpha value is -1.33. The first kappa shape index (κ1) is 12.7. The van der Waals surface area contributed by atoms with E-state index in [-0.39, 0.29) is 4.92 Å². The van der Waals surface area contributed by atoms with E-state index in [9.17, 15) is 14.9 Å². The molecule has 0 saturated heterocycles. The van der Waals surface area contributed by atoms with E-state index in [4.69, 9.17) is 4.74 Å². The fourth-order valence-electron chi connectivity index (χ4n) is 4.96. The number of alkyl carbamates (subject to hydrolysis) is 1. The largest absolute Gasteiger partial charge is 0.450 e. The van der Waals surface area contributed by atoms with E-state index >= 15 is 0 Å². The van der Waals surface area contributed by atoms with Crippen LogP contribution < -0.4 is 5.32 Å². The fraction of sp³-hybridized carbons (Fsp3) is 0.923. The van der Waals surface area contributed by atoms with Gasteiger partial charge in [-0.15, -0.1) is 0 Å². The molecule has 4 saturated carbocycles. The minimum absolute atomic E-state index is 0.0912. The zero-order valence-corrected chi connectivity index (χ0v) is 11.2. The average molecular weight is 268 g/mol. The van der Waals surface area contributed by atoms with Crippen LogP contribution in [-0.4, -0.2) is 28.7 Å². The van der Waals surface area contributed by atoms with Crippen LogP contribution in [0.4, 0.5) is 4.79 Å². The number of amides is 1. The molecule has 6 nitrogen and oxygen atoms in total. The second-order valence-corrected chi connectivity index (χ2v) is 6.57. The van der Waals surface area contributed by atoms with E-state index < -0.39 is 17.2 Å². The van der Waals surface area contributed by atoms with Crippen molar-refractivity contribution in [2.45, 2.75) is 56.5 Å². The molecule has 0 aliphatic heterocycles. The molecule has 4 fully saturated rings. The monoisotopic (exact) mass is 268 g/mol. The molecule has 4 aliphatic rings. The second-order valence-electron chi connectivity index (χ2n) is 6.57. The Kier molecular flexibility index (Phi) is 2.73. The van der Waals surface area contributed by atoms with Crippen molar-refractivity contribution >= 4 is 6.09 Å². The van der Waals surface area contributed by atoms with Crippen molar-refractivity contribution in [3.05, 3.63) is 10.1 Å². The molecule has 2 unspecified atom stereocenters. The lowest BCUT2D eigenvalue weighted by Crippen LogP contribution is -2.67. The topological polar surface area (TPSA) is 81.5 Å². The molecule has 1 amide bonds. The van der Waals surface area contributed by atoms with Crippen LogP contribution >= 0.6 is 0 Å². The molecule has 2 atom stereocenters. The predicted octanol–water partition coefficient (Wildman–Crippen LogP) is 2.10. The minimum Gasteiger partial charge on any atom is -0.450 e. The number of carbonyl (C=O) groups is 1. The summed E-state index contributed by atoms with van der Waals surface area (Å²) in [6, 6.07) is 0. The quantitative estimate of drug-likeness (QED) is 0.627. The molecular weight excluding hydrogens is 248 g/mol. The first-order valence-corrected chi connectivity index (χ1v) is 7.06. The maximum Gasteiger partial charge on any atom is 0.407 e. The van der Waals surface area contributed by atoms with Gasteiger partial charge < -0.3 is 10.1 Å². The van der Waals surface area contributed by atoms with Crippen LogP contribution in [0.1, 0.15) is 45.4 Å². The van der Waals surface area contributed by atoms with Gasteiger partial charge in [0.05, 0.1) is 12.1 Å². The van der Waals surface area contributed by atoms with Crippen LogP contribution in [0, 0.1) is 22.0 Å². The van der Waals surface area contributed by atoms with Crippen molar-refractivity contribution in [2.75, 3.05) is 6.61 Å². The van der Waals surface area contributed by atoms with E-state index in [1.807, 2.05) is 0 Å². The van der Waals surface area contributed by atoms with Gasteiger partial charge in [0.25, 0.3) is 0 Å². The van der Waals surface area contributed by atoms with Crippen LogP contribution in [-0.2, 0) is 4.74 Å². The maximum atomic E-state index is 11.7. The van der Waals surface area contributed by atoms with Gasteiger partial charge in [-0.25, -0.2) is 4.79 Å². The van der Waals surface area contributed by atoms with E-state index in [0.29, 0.717) is 37.7 Å². The van der Waals surface area contributed by atoms with Gasteiger partial charge in [-0.05, 0) is 38.0 Å². The molecule has 6 heteroatoms. The van der Waals surface area contributed by atoms with E-state index in [1.165, 1.54) is 0 Å². The standard InChI is InChI=1S/C13H20N2O4/c1-2-19-11(16)14-12-4-9-3-10(5-12)7-13(6-9,8-12)15(17)18/h9-10H,2-8H2,1H3,(H,14,16). The zero-order chi connectivity index (χ0) is 13.7. The molecule has 0 spiro atoms. The van der Waals surface area contributed by atoms with Crippen LogP contribution in [0.25, 0.3) is 0 Å². The maximum absolute atomic E-state index is 11.7. The lowest BCUT2D eigenvalue weighted by Gasteiger charge is -2.57. The number of hydrogen-bond donors (Lipinski definition) is 1. The van der Waals surface area contributed by atoms with Gasteiger partial charge in [-0.2, -0.15) is 0 Å². The number of nitrogens with one attached hydrogen (secondary N) is 1. The molecule has 1 N–H and O–H groups in total. The lowest BCUT2D eigenvalue weighted by atomic mass is 9.50. The number of ether oxygens (including phenoxy) is 1. The highest BCUT2D eigenvalue weighted by molar-refractivity contribution is 5.68. The lowest BCUT2D eigenvalue weighted by molar-refractivity contribution is -0.589. The number of nitrogens with zero attached hydrogens (tertiary/aromatic N) is 1. The third-order valence-electron chi connectivity index (χ3n) is 5.06. The zero-order valence-electron chi connectivity index (χ0n) is 11.2. The Balaban J connectivity index is 1.83. The normalized spacial score (nSPS) is 43.0. The first-order valence-electron chi connectivity index (χ1n) is 7.06. The molecule has 4 aliphatic carbocycles. The number of nitro groups is 1. The second kappa shape index (κ2) is 4.08.